The minimum absolute atomic E-state index is 0. The molecular weight excluding hydrogens is 131 g/mol. The van der Waals surface area contributed by atoms with E-state index in [9.17, 15) is 0 Å². The molecule has 0 unspecified atom stereocenters. The van der Waals surface area contributed by atoms with Crippen LogP contribution in [0.3, 0.4) is 0 Å². The smallest absolute Gasteiger partial charge is 0.0538 e. The van der Waals surface area contributed by atoms with E-state index in [1.807, 2.05) is 0 Å². The fourth-order valence-electron chi connectivity index (χ4n) is 0.354. The first-order valence-electron chi connectivity index (χ1n) is 2.41. The lowest BCUT2D eigenvalue weighted by Gasteiger charge is -1.79. The van der Waals surface area contributed by atoms with Crippen LogP contribution < -0.4 is 0 Å². The largest absolute Gasteiger partial charge is 0.147 e. The molecule has 0 aromatic carbocycles. The summed E-state index contributed by atoms with van der Waals surface area (Å²) in [5.41, 5.74) is 0. The van der Waals surface area contributed by atoms with E-state index in [1.165, 1.54) is 19.3 Å². The summed E-state index contributed by atoms with van der Waals surface area (Å²) >= 11 is 0. The number of halogens is 2. The van der Waals surface area contributed by atoms with Crippen molar-refractivity contribution in [2.45, 2.75) is 33.1 Å². The molecule has 0 aliphatic carbocycles. The molecule has 0 spiro atoms. The van der Waals surface area contributed by atoms with E-state index in [2.05, 4.69) is 13.8 Å². The van der Waals surface area contributed by atoms with Crippen LogP contribution in [0.2, 0.25) is 0 Å². The Morgan fingerprint density at radius 3 is 1.14 bits per heavy atom. The van der Waals surface area contributed by atoms with E-state index in [-0.39, 0.29) is 24.8 Å². The Balaban J connectivity index is -0.0000000800. The summed E-state index contributed by atoms with van der Waals surface area (Å²) in [6.45, 7) is 4.42. The topological polar surface area (TPSA) is 0 Å². The highest BCUT2D eigenvalue weighted by Crippen LogP contribution is 1.88. The molecule has 48 valence electrons. The first-order chi connectivity index (χ1) is 2.41. The van der Waals surface area contributed by atoms with Crippen molar-refractivity contribution in [3.8, 4) is 0 Å². The van der Waals surface area contributed by atoms with Gasteiger partial charge < -0.3 is 0 Å². The van der Waals surface area contributed by atoms with Crippen molar-refractivity contribution >= 4 is 24.8 Å². The Morgan fingerprint density at radius 2 is 1.14 bits per heavy atom. The summed E-state index contributed by atoms with van der Waals surface area (Å²) < 4.78 is 0. The maximum atomic E-state index is 2.21. The van der Waals surface area contributed by atoms with Gasteiger partial charge in [0.05, 0.1) is 0 Å². The van der Waals surface area contributed by atoms with Gasteiger partial charge in [0.1, 0.15) is 0 Å². The summed E-state index contributed by atoms with van der Waals surface area (Å²) in [4.78, 5) is 0. The zero-order chi connectivity index (χ0) is 4.12. The Morgan fingerprint density at radius 1 is 0.857 bits per heavy atom. The highest BCUT2D eigenvalue weighted by molar-refractivity contribution is 5.85. The van der Waals surface area contributed by atoms with Crippen molar-refractivity contribution in [1.82, 2.24) is 0 Å². The van der Waals surface area contributed by atoms with Crippen LogP contribution in [0.1, 0.15) is 33.1 Å². The first-order valence-corrected chi connectivity index (χ1v) is 2.41. The standard InChI is InChI=1S/C5H12.2ClH/c1-3-5-4-2;;/h3-5H2,1-2H3;2*1H. The molecular formula is C5H14Cl2. The Hall–Kier alpha value is 0.580. The molecule has 0 nitrogen and oxygen atoms in total. The summed E-state index contributed by atoms with van der Waals surface area (Å²) in [5, 5.41) is 0. The molecule has 0 bridgehead atoms. The van der Waals surface area contributed by atoms with Gasteiger partial charge in [-0.3, -0.25) is 0 Å². The first kappa shape index (κ1) is 15.6. The zero-order valence-corrected chi connectivity index (χ0v) is 6.57. The lowest BCUT2D eigenvalue weighted by atomic mass is 10.3. The van der Waals surface area contributed by atoms with E-state index >= 15 is 0 Å². The minimum Gasteiger partial charge on any atom is -0.147 e. The van der Waals surface area contributed by atoms with Crippen molar-refractivity contribution in [3.05, 3.63) is 0 Å². The molecule has 0 saturated heterocycles. The van der Waals surface area contributed by atoms with Crippen molar-refractivity contribution in [3.63, 3.8) is 0 Å². The van der Waals surface area contributed by atoms with Crippen molar-refractivity contribution < 1.29 is 0 Å². The highest BCUT2D eigenvalue weighted by atomic mass is 35.5. The molecule has 0 aliphatic heterocycles. The van der Waals surface area contributed by atoms with Crippen LogP contribution in [-0.4, -0.2) is 0 Å². The van der Waals surface area contributed by atoms with Gasteiger partial charge in [-0.1, -0.05) is 33.1 Å². The van der Waals surface area contributed by atoms with Gasteiger partial charge in [-0.2, -0.15) is 0 Å². The quantitative estimate of drug-likeness (QED) is 0.560. The van der Waals surface area contributed by atoms with Crippen molar-refractivity contribution in [1.29, 1.82) is 0 Å². The normalized spacial score (nSPS) is 6.00. The van der Waals surface area contributed by atoms with Gasteiger partial charge in [-0.25, -0.2) is 0 Å². The fraction of sp³-hybridized carbons (Fsp3) is 1.00. The molecule has 0 aromatic heterocycles. The minimum atomic E-state index is 0. The van der Waals surface area contributed by atoms with Gasteiger partial charge in [0.2, 0.25) is 0 Å². The number of unbranched alkanes of at least 4 members (excludes halogenated alkanes) is 2. The number of hydrogen-bond donors (Lipinski definition) is 0. The average molecular weight is 145 g/mol. The summed E-state index contributed by atoms with van der Waals surface area (Å²) in [7, 11) is 0. The van der Waals surface area contributed by atoms with Crippen LogP contribution in [0, 0.1) is 0 Å². The second-order valence-corrected chi connectivity index (χ2v) is 1.35. The van der Waals surface area contributed by atoms with Gasteiger partial charge in [0, 0.05) is 0 Å². The van der Waals surface area contributed by atoms with Crippen LogP contribution in [0.15, 0.2) is 0 Å². The molecule has 0 N–H and O–H groups in total. The molecule has 2 heteroatoms. The number of rotatable bonds is 2. The summed E-state index contributed by atoms with van der Waals surface area (Å²) in [5.74, 6) is 0. The third-order valence-electron chi connectivity index (χ3n) is 0.707. The van der Waals surface area contributed by atoms with Crippen LogP contribution in [0.5, 0.6) is 0 Å². The van der Waals surface area contributed by atoms with Gasteiger partial charge >= 0.3 is 0 Å². The van der Waals surface area contributed by atoms with E-state index in [1.54, 1.807) is 0 Å². The predicted molar refractivity (Wildman–Crippen MR) is 39.7 cm³/mol. The second kappa shape index (κ2) is 16.0. The molecule has 0 saturated carbocycles. The molecule has 0 aromatic rings. The lowest BCUT2D eigenvalue weighted by molar-refractivity contribution is 0.772. The van der Waals surface area contributed by atoms with Crippen molar-refractivity contribution in [2.24, 2.45) is 0 Å². The highest BCUT2D eigenvalue weighted by Gasteiger charge is 1.68. The van der Waals surface area contributed by atoms with Crippen LogP contribution in [0.25, 0.3) is 0 Å². The van der Waals surface area contributed by atoms with Gasteiger partial charge in [-0.05, 0) is 0 Å². The predicted octanol–water partition coefficient (Wildman–Crippen LogP) is 3.04. The summed E-state index contributed by atoms with van der Waals surface area (Å²) in [6.07, 6.45) is 4.08. The molecule has 0 rings (SSSR count). The molecule has 7 heavy (non-hydrogen) atoms. The molecule has 0 radical (unpaired) electrons. The Kier molecular flexibility index (Phi) is 35.7. The SMILES string of the molecule is CCCCC.Cl.Cl. The third-order valence-corrected chi connectivity index (χ3v) is 0.707. The maximum absolute atomic E-state index is 2.21. The second-order valence-electron chi connectivity index (χ2n) is 1.35. The number of hydrogen-bond acceptors (Lipinski definition) is 0. The Bertz CT molecular complexity index is 13.6. The van der Waals surface area contributed by atoms with E-state index < -0.39 is 0 Å². The Labute approximate surface area is 58.5 Å². The monoisotopic (exact) mass is 144 g/mol. The van der Waals surface area contributed by atoms with Crippen LogP contribution in [0.4, 0.5) is 0 Å². The zero-order valence-electron chi connectivity index (χ0n) is 4.94. The average Bonchev–Trinajstić information content (AvgIpc) is 1.41. The fourth-order valence-corrected chi connectivity index (χ4v) is 0.354. The molecule has 0 fully saturated rings. The van der Waals surface area contributed by atoms with Crippen LogP contribution in [-0.2, 0) is 0 Å². The lowest BCUT2D eigenvalue weighted by Crippen LogP contribution is -1.59. The summed E-state index contributed by atoms with van der Waals surface area (Å²) in [6, 6.07) is 0. The van der Waals surface area contributed by atoms with Crippen LogP contribution >= 0.6 is 24.8 Å². The van der Waals surface area contributed by atoms with E-state index in [0.717, 1.165) is 0 Å². The molecule has 0 aliphatic rings. The van der Waals surface area contributed by atoms with E-state index in [0.29, 0.717) is 0 Å². The van der Waals surface area contributed by atoms with Gasteiger partial charge in [0.15, 0.2) is 0 Å². The van der Waals surface area contributed by atoms with E-state index in [4.69, 9.17) is 0 Å². The van der Waals surface area contributed by atoms with Gasteiger partial charge in [-0.15, -0.1) is 24.8 Å². The third kappa shape index (κ3) is 20.7. The van der Waals surface area contributed by atoms with Crippen molar-refractivity contribution in [2.75, 3.05) is 0 Å². The molecule has 0 atom stereocenters. The maximum Gasteiger partial charge on any atom is -0.0538 e. The molecule has 0 heterocycles. The van der Waals surface area contributed by atoms with Gasteiger partial charge in [0.25, 0.3) is 0 Å². The molecule has 0 amide bonds.